The van der Waals surface area contributed by atoms with Crippen molar-refractivity contribution >= 4 is 17.4 Å². The van der Waals surface area contributed by atoms with E-state index in [-0.39, 0.29) is 5.91 Å². The van der Waals surface area contributed by atoms with E-state index in [4.69, 9.17) is 4.74 Å². The van der Waals surface area contributed by atoms with E-state index >= 15 is 0 Å². The Balaban J connectivity index is 1.94. The van der Waals surface area contributed by atoms with Crippen molar-refractivity contribution in [3.63, 3.8) is 0 Å². The van der Waals surface area contributed by atoms with Gasteiger partial charge in [-0.15, -0.1) is 0 Å². The van der Waals surface area contributed by atoms with Gasteiger partial charge in [0.2, 0.25) is 0 Å². The van der Waals surface area contributed by atoms with Crippen LogP contribution in [0, 0.1) is 0 Å². The van der Waals surface area contributed by atoms with Gasteiger partial charge in [0.15, 0.2) is 5.82 Å². The number of methoxy groups -OCH3 is 1. The molecule has 3 aromatic rings. The third kappa shape index (κ3) is 3.64. The Morgan fingerprint density at radius 3 is 2.54 bits per heavy atom. The number of pyridine rings is 2. The summed E-state index contributed by atoms with van der Waals surface area (Å²) in [6.45, 7) is 0. The largest absolute Gasteiger partial charge is 0.496 e. The highest BCUT2D eigenvalue weighted by molar-refractivity contribution is 6.06. The van der Waals surface area contributed by atoms with Crippen molar-refractivity contribution < 1.29 is 9.53 Å². The van der Waals surface area contributed by atoms with Gasteiger partial charge in [0.05, 0.1) is 18.5 Å². The zero-order chi connectivity index (χ0) is 18.5. The molecule has 0 aliphatic carbocycles. The molecule has 2 aromatic heterocycles. The summed E-state index contributed by atoms with van der Waals surface area (Å²) < 4.78 is 5.41. The Labute approximate surface area is 152 Å². The first-order chi connectivity index (χ1) is 12.6. The van der Waals surface area contributed by atoms with E-state index in [0.29, 0.717) is 22.8 Å². The summed E-state index contributed by atoms with van der Waals surface area (Å²) in [6.07, 6.45) is 3.40. The van der Waals surface area contributed by atoms with Crippen LogP contribution in [0.1, 0.15) is 10.4 Å². The summed E-state index contributed by atoms with van der Waals surface area (Å²) in [7, 11) is 5.36. The van der Waals surface area contributed by atoms with E-state index in [0.717, 1.165) is 11.3 Å². The molecule has 1 aromatic carbocycles. The first kappa shape index (κ1) is 17.4. The van der Waals surface area contributed by atoms with Crippen LogP contribution in [0.25, 0.3) is 11.3 Å². The lowest BCUT2D eigenvalue weighted by molar-refractivity contribution is 0.102. The minimum absolute atomic E-state index is 0.221. The van der Waals surface area contributed by atoms with E-state index in [1.807, 2.05) is 43.3 Å². The molecule has 132 valence electrons. The first-order valence-corrected chi connectivity index (χ1v) is 8.13. The van der Waals surface area contributed by atoms with Gasteiger partial charge in [0.25, 0.3) is 5.91 Å². The fourth-order valence-electron chi connectivity index (χ4n) is 2.62. The Kier molecular flexibility index (Phi) is 5.12. The van der Waals surface area contributed by atoms with Crippen LogP contribution in [0.3, 0.4) is 0 Å². The predicted molar refractivity (Wildman–Crippen MR) is 103 cm³/mol. The molecule has 6 nitrogen and oxygen atoms in total. The molecule has 6 heteroatoms. The Morgan fingerprint density at radius 2 is 1.85 bits per heavy atom. The fraction of sp³-hybridized carbons (Fsp3) is 0.150. The van der Waals surface area contributed by atoms with Crippen LogP contribution in [0.15, 0.2) is 60.9 Å². The topological polar surface area (TPSA) is 67.3 Å². The summed E-state index contributed by atoms with van der Waals surface area (Å²) >= 11 is 0. The van der Waals surface area contributed by atoms with Gasteiger partial charge < -0.3 is 15.0 Å². The van der Waals surface area contributed by atoms with Crippen LogP contribution >= 0.6 is 0 Å². The van der Waals surface area contributed by atoms with E-state index in [1.165, 1.54) is 0 Å². The quantitative estimate of drug-likeness (QED) is 0.765. The van der Waals surface area contributed by atoms with Gasteiger partial charge >= 0.3 is 0 Å². The molecule has 0 aliphatic rings. The van der Waals surface area contributed by atoms with Crippen LogP contribution in [-0.4, -0.2) is 37.1 Å². The lowest BCUT2D eigenvalue weighted by atomic mass is 10.1. The zero-order valence-electron chi connectivity index (χ0n) is 14.9. The molecule has 0 spiro atoms. The molecule has 1 N–H and O–H groups in total. The van der Waals surface area contributed by atoms with Gasteiger partial charge in [-0.3, -0.25) is 9.78 Å². The number of nitrogens with one attached hydrogen (secondary N) is 1. The molecule has 2 heterocycles. The monoisotopic (exact) mass is 348 g/mol. The van der Waals surface area contributed by atoms with Gasteiger partial charge in [-0.1, -0.05) is 6.07 Å². The number of carbonyl (C=O) groups is 1. The highest BCUT2D eigenvalue weighted by Crippen LogP contribution is 2.30. The Bertz CT molecular complexity index is 911. The maximum Gasteiger partial charge on any atom is 0.255 e. The third-order valence-electron chi connectivity index (χ3n) is 3.86. The number of hydrogen-bond donors (Lipinski definition) is 1. The molecule has 0 bridgehead atoms. The average molecular weight is 348 g/mol. The van der Waals surface area contributed by atoms with Crippen molar-refractivity contribution in [3.05, 3.63) is 66.5 Å². The standard InChI is InChI=1S/C20H20N4O2/c1-24(2)19-17(8-6-12-22-19)23-20(25)14-9-10-18(26-3)15(13-14)16-7-4-5-11-21-16/h4-13H,1-3H3,(H,23,25). The molecule has 0 aliphatic heterocycles. The van der Waals surface area contributed by atoms with Crippen LogP contribution in [0.2, 0.25) is 0 Å². The highest BCUT2D eigenvalue weighted by atomic mass is 16.5. The van der Waals surface area contributed by atoms with E-state index < -0.39 is 0 Å². The van der Waals surface area contributed by atoms with Crippen molar-refractivity contribution in [1.82, 2.24) is 9.97 Å². The molecule has 0 saturated heterocycles. The fourth-order valence-corrected chi connectivity index (χ4v) is 2.62. The maximum atomic E-state index is 12.8. The number of amides is 1. The minimum Gasteiger partial charge on any atom is -0.496 e. The average Bonchev–Trinajstić information content (AvgIpc) is 2.68. The second-order valence-corrected chi connectivity index (χ2v) is 5.85. The van der Waals surface area contributed by atoms with Crippen LogP contribution in [0.4, 0.5) is 11.5 Å². The number of benzene rings is 1. The van der Waals surface area contributed by atoms with Gasteiger partial charge in [0, 0.05) is 37.6 Å². The van der Waals surface area contributed by atoms with Gasteiger partial charge in [-0.25, -0.2) is 4.98 Å². The van der Waals surface area contributed by atoms with Gasteiger partial charge in [-0.2, -0.15) is 0 Å². The summed E-state index contributed by atoms with van der Waals surface area (Å²) in [5.41, 5.74) is 2.67. The molecule has 0 atom stereocenters. The molecule has 1 amide bonds. The molecular weight excluding hydrogens is 328 g/mol. The second kappa shape index (κ2) is 7.65. The zero-order valence-corrected chi connectivity index (χ0v) is 14.9. The van der Waals surface area contributed by atoms with E-state index in [2.05, 4.69) is 15.3 Å². The van der Waals surface area contributed by atoms with Crippen molar-refractivity contribution in [2.24, 2.45) is 0 Å². The SMILES string of the molecule is COc1ccc(C(=O)Nc2cccnc2N(C)C)cc1-c1ccccn1. The second-order valence-electron chi connectivity index (χ2n) is 5.85. The highest BCUT2D eigenvalue weighted by Gasteiger charge is 2.14. The van der Waals surface area contributed by atoms with Crippen molar-refractivity contribution in [3.8, 4) is 17.0 Å². The molecule has 0 radical (unpaired) electrons. The molecule has 0 unspecified atom stereocenters. The predicted octanol–water partition coefficient (Wildman–Crippen LogP) is 3.47. The molecule has 26 heavy (non-hydrogen) atoms. The summed E-state index contributed by atoms with van der Waals surface area (Å²) in [4.78, 5) is 23.3. The number of rotatable bonds is 5. The summed E-state index contributed by atoms with van der Waals surface area (Å²) in [5, 5.41) is 2.92. The van der Waals surface area contributed by atoms with Gasteiger partial charge in [-0.05, 0) is 42.5 Å². The Hall–Kier alpha value is -3.41. The molecular formula is C20H20N4O2. The number of aromatic nitrogens is 2. The van der Waals surface area contributed by atoms with Gasteiger partial charge in [0.1, 0.15) is 5.75 Å². The summed E-state index contributed by atoms with van der Waals surface area (Å²) in [5.74, 6) is 1.14. The number of carbonyl (C=O) groups excluding carboxylic acids is 1. The maximum absolute atomic E-state index is 12.8. The molecule has 0 fully saturated rings. The van der Waals surface area contributed by atoms with Crippen molar-refractivity contribution in [1.29, 1.82) is 0 Å². The molecule has 3 rings (SSSR count). The minimum atomic E-state index is -0.221. The summed E-state index contributed by atoms with van der Waals surface area (Å²) in [6, 6.07) is 14.5. The van der Waals surface area contributed by atoms with Crippen molar-refractivity contribution in [2.45, 2.75) is 0 Å². The van der Waals surface area contributed by atoms with E-state index in [1.54, 1.807) is 43.8 Å². The third-order valence-corrected chi connectivity index (χ3v) is 3.86. The van der Waals surface area contributed by atoms with Crippen LogP contribution in [-0.2, 0) is 0 Å². The number of hydrogen-bond acceptors (Lipinski definition) is 5. The smallest absolute Gasteiger partial charge is 0.255 e. The number of ether oxygens (including phenoxy) is 1. The van der Waals surface area contributed by atoms with E-state index in [9.17, 15) is 4.79 Å². The molecule has 0 saturated carbocycles. The lowest BCUT2D eigenvalue weighted by Gasteiger charge is -2.16. The first-order valence-electron chi connectivity index (χ1n) is 8.13. The number of anilines is 2. The lowest BCUT2D eigenvalue weighted by Crippen LogP contribution is -2.17. The van der Waals surface area contributed by atoms with Crippen LogP contribution in [0.5, 0.6) is 5.75 Å². The Morgan fingerprint density at radius 1 is 1.04 bits per heavy atom. The normalized spacial score (nSPS) is 10.3. The van der Waals surface area contributed by atoms with Crippen molar-refractivity contribution in [2.75, 3.05) is 31.4 Å². The number of nitrogens with zero attached hydrogens (tertiary/aromatic N) is 3. The van der Waals surface area contributed by atoms with Crippen LogP contribution < -0.4 is 15.0 Å².